The Morgan fingerprint density at radius 1 is 1.68 bits per heavy atom. The molecule has 0 radical (unpaired) electrons. The van der Waals surface area contributed by atoms with E-state index in [-0.39, 0.29) is 11.9 Å². The average Bonchev–Trinajstić information content (AvgIpc) is 2.86. The molecule has 0 bridgehead atoms. The van der Waals surface area contributed by atoms with Crippen LogP contribution >= 0.6 is 0 Å². The molecular formula is C11H17N3O5. The normalized spacial score (nSPS) is 21.5. The first-order valence-corrected chi connectivity index (χ1v) is 5.90. The van der Waals surface area contributed by atoms with Crippen molar-refractivity contribution in [1.82, 2.24) is 9.55 Å². The highest BCUT2D eigenvalue weighted by molar-refractivity contribution is 5.74. The lowest BCUT2D eigenvalue weighted by Gasteiger charge is -2.12. The highest BCUT2D eigenvalue weighted by Crippen LogP contribution is 2.27. The molecule has 8 nitrogen and oxygen atoms in total. The van der Waals surface area contributed by atoms with Crippen LogP contribution in [0.5, 0.6) is 0 Å². The van der Waals surface area contributed by atoms with Gasteiger partial charge < -0.3 is 14.5 Å². The fourth-order valence-electron chi connectivity index (χ4n) is 2.16. The topological polar surface area (TPSA) is 107 Å². The van der Waals surface area contributed by atoms with E-state index in [4.69, 9.17) is 20.1 Å². The molecule has 0 spiro atoms. The minimum Gasteiger partial charge on any atom is -0.465 e. The van der Waals surface area contributed by atoms with Gasteiger partial charge in [0.1, 0.15) is 0 Å². The Balaban J connectivity index is 0.000000399. The van der Waals surface area contributed by atoms with Crippen molar-refractivity contribution in [1.29, 1.82) is 0 Å². The zero-order valence-electron chi connectivity index (χ0n) is 10.9. The lowest BCUT2D eigenvalue weighted by atomic mass is 9.89. The van der Waals surface area contributed by atoms with E-state index in [0.717, 1.165) is 18.5 Å². The van der Waals surface area contributed by atoms with Crippen molar-refractivity contribution in [2.45, 2.75) is 19.8 Å². The second-order valence-corrected chi connectivity index (χ2v) is 4.34. The van der Waals surface area contributed by atoms with Crippen molar-refractivity contribution in [2.24, 2.45) is 18.9 Å². The lowest BCUT2D eigenvalue weighted by molar-refractivity contribution is -0.742. The van der Waals surface area contributed by atoms with Crippen molar-refractivity contribution in [3.05, 3.63) is 28.3 Å². The van der Waals surface area contributed by atoms with Gasteiger partial charge >= 0.3 is 5.97 Å². The largest absolute Gasteiger partial charge is 0.465 e. The molecule has 1 aromatic heterocycles. The number of carbonyl (C=O) groups is 1. The lowest BCUT2D eigenvalue weighted by Crippen LogP contribution is -2.18. The third-order valence-electron chi connectivity index (χ3n) is 3.14. The Kier molecular flexibility index (Phi) is 5.28. The fraction of sp³-hybridized carbons (Fsp3) is 0.636. The third-order valence-corrected chi connectivity index (χ3v) is 3.14. The van der Waals surface area contributed by atoms with Crippen LogP contribution in [-0.2, 0) is 23.0 Å². The number of ether oxygens (including phenoxy) is 1. The van der Waals surface area contributed by atoms with Gasteiger partial charge in [0.25, 0.3) is 5.09 Å². The van der Waals surface area contributed by atoms with Crippen molar-refractivity contribution in [3.8, 4) is 0 Å². The van der Waals surface area contributed by atoms with E-state index in [9.17, 15) is 4.79 Å². The smallest absolute Gasteiger partial charge is 0.309 e. The Bertz CT molecular complexity index is 441. The van der Waals surface area contributed by atoms with Crippen LogP contribution < -0.4 is 0 Å². The molecule has 0 aliphatic carbocycles. The Morgan fingerprint density at radius 3 is 2.79 bits per heavy atom. The van der Waals surface area contributed by atoms with Gasteiger partial charge in [-0.15, -0.1) is 10.1 Å². The maximum atomic E-state index is 11.4. The van der Waals surface area contributed by atoms with E-state index in [1.54, 1.807) is 6.33 Å². The number of aromatic nitrogens is 2. The zero-order chi connectivity index (χ0) is 14.4. The summed E-state index contributed by atoms with van der Waals surface area (Å²) in [5.74, 6) is 0.350. The summed E-state index contributed by atoms with van der Waals surface area (Å²) in [5, 5.41) is 13.6. The summed E-state index contributed by atoms with van der Waals surface area (Å²) in [6.45, 7) is 2.59. The van der Waals surface area contributed by atoms with Crippen molar-refractivity contribution in [2.75, 3.05) is 6.61 Å². The number of carbonyl (C=O) groups excluding carboxylic acids is 1. The van der Waals surface area contributed by atoms with Gasteiger partial charge in [-0.05, 0) is 12.8 Å². The van der Waals surface area contributed by atoms with Gasteiger partial charge in [0.15, 0.2) is 0 Å². The van der Waals surface area contributed by atoms with E-state index < -0.39 is 5.09 Å². The predicted octanol–water partition coefficient (Wildman–Crippen LogP) is 0.814. The maximum absolute atomic E-state index is 11.4. The number of hydrogen-bond donors (Lipinski definition) is 1. The van der Waals surface area contributed by atoms with Gasteiger partial charge in [0.05, 0.1) is 18.9 Å². The van der Waals surface area contributed by atoms with Gasteiger partial charge in [-0.2, -0.15) is 0 Å². The molecule has 2 heterocycles. The van der Waals surface area contributed by atoms with E-state index in [1.807, 2.05) is 24.7 Å². The molecule has 0 unspecified atom stereocenters. The van der Waals surface area contributed by atoms with Crippen LogP contribution in [0.25, 0.3) is 0 Å². The van der Waals surface area contributed by atoms with Crippen LogP contribution in [0.1, 0.15) is 19.0 Å². The summed E-state index contributed by atoms with van der Waals surface area (Å²) in [4.78, 5) is 23.8. The number of cyclic esters (lactones) is 1. The molecule has 1 fully saturated rings. The van der Waals surface area contributed by atoms with Crippen molar-refractivity contribution < 1.29 is 19.8 Å². The summed E-state index contributed by atoms with van der Waals surface area (Å²) in [6, 6.07) is 0. The molecular weight excluding hydrogens is 254 g/mol. The first kappa shape index (κ1) is 14.9. The molecule has 106 valence electrons. The number of esters is 1. The quantitative estimate of drug-likeness (QED) is 0.495. The molecule has 0 amide bonds. The predicted molar refractivity (Wildman–Crippen MR) is 63.9 cm³/mol. The minimum absolute atomic E-state index is 0.0373. The van der Waals surface area contributed by atoms with Gasteiger partial charge in [0, 0.05) is 24.9 Å². The third kappa shape index (κ3) is 4.23. The average molecular weight is 271 g/mol. The molecule has 2 atom stereocenters. The molecule has 1 aliphatic rings. The van der Waals surface area contributed by atoms with Gasteiger partial charge in [0.2, 0.25) is 0 Å². The van der Waals surface area contributed by atoms with Crippen molar-refractivity contribution >= 4 is 5.97 Å². The molecule has 0 saturated carbocycles. The maximum Gasteiger partial charge on any atom is 0.309 e. The van der Waals surface area contributed by atoms with Crippen LogP contribution in [0, 0.1) is 22.0 Å². The molecule has 8 heteroatoms. The van der Waals surface area contributed by atoms with Crippen LogP contribution in [0.3, 0.4) is 0 Å². The summed E-state index contributed by atoms with van der Waals surface area (Å²) in [6.07, 6.45) is 5.38. The number of imidazole rings is 1. The van der Waals surface area contributed by atoms with Gasteiger partial charge in [-0.3, -0.25) is 4.79 Å². The fourth-order valence-corrected chi connectivity index (χ4v) is 2.16. The van der Waals surface area contributed by atoms with Crippen LogP contribution in [-0.4, -0.2) is 32.4 Å². The van der Waals surface area contributed by atoms with Crippen molar-refractivity contribution in [3.63, 3.8) is 0 Å². The van der Waals surface area contributed by atoms with E-state index in [2.05, 4.69) is 4.98 Å². The van der Waals surface area contributed by atoms with Crippen LogP contribution in [0.2, 0.25) is 0 Å². The molecule has 2 rings (SSSR count). The van der Waals surface area contributed by atoms with Crippen LogP contribution in [0.15, 0.2) is 12.5 Å². The Labute approximate surface area is 110 Å². The monoisotopic (exact) mass is 271 g/mol. The molecule has 1 aromatic rings. The second-order valence-electron chi connectivity index (χ2n) is 4.34. The summed E-state index contributed by atoms with van der Waals surface area (Å²) >= 11 is 0. The number of nitrogens with zero attached hydrogens (tertiary/aromatic N) is 3. The van der Waals surface area contributed by atoms with Gasteiger partial charge in [-0.25, -0.2) is 4.98 Å². The molecule has 1 N–H and O–H groups in total. The standard InChI is InChI=1S/C11H16N2O2.HNO3/c1-3-10-8(6-15-11(10)14)4-9-5-12-7-13(9)2;2-1(3)4/h5,7-8,10H,3-4,6H2,1-2H3;(H,2,3,4)/t8-,10-;/m0./s1. The number of rotatable bonds is 3. The highest BCUT2D eigenvalue weighted by atomic mass is 16.9. The Morgan fingerprint density at radius 2 is 2.32 bits per heavy atom. The first-order chi connectivity index (χ1) is 8.95. The Hall–Kier alpha value is -2.12. The van der Waals surface area contributed by atoms with E-state index in [1.165, 1.54) is 0 Å². The minimum atomic E-state index is -1.50. The highest BCUT2D eigenvalue weighted by Gasteiger charge is 2.35. The zero-order valence-corrected chi connectivity index (χ0v) is 10.9. The molecule has 0 aromatic carbocycles. The molecule has 1 aliphatic heterocycles. The van der Waals surface area contributed by atoms with E-state index >= 15 is 0 Å². The SMILES string of the molecule is CC[C@@H]1C(=O)OC[C@@H]1Cc1cncn1C.O=[N+]([O-])O. The van der Waals surface area contributed by atoms with E-state index in [0.29, 0.717) is 12.5 Å². The second kappa shape index (κ2) is 6.72. The number of aryl methyl sites for hydroxylation is 1. The number of hydrogen-bond acceptors (Lipinski definition) is 5. The van der Waals surface area contributed by atoms with Gasteiger partial charge in [-0.1, -0.05) is 6.92 Å². The summed E-state index contributed by atoms with van der Waals surface area (Å²) < 4.78 is 7.08. The summed E-state index contributed by atoms with van der Waals surface area (Å²) in [5.41, 5.74) is 1.16. The van der Waals surface area contributed by atoms with Crippen LogP contribution in [0.4, 0.5) is 0 Å². The molecule has 19 heavy (non-hydrogen) atoms. The molecule has 1 saturated heterocycles. The summed E-state index contributed by atoms with van der Waals surface area (Å²) in [7, 11) is 1.97. The first-order valence-electron chi connectivity index (χ1n) is 5.90.